The van der Waals surface area contributed by atoms with Gasteiger partial charge in [0.1, 0.15) is 5.52 Å². The van der Waals surface area contributed by atoms with Gasteiger partial charge in [0.25, 0.3) is 0 Å². The van der Waals surface area contributed by atoms with E-state index in [1.165, 1.54) is 32.0 Å². The lowest BCUT2D eigenvalue weighted by molar-refractivity contribution is 0.645. The Bertz CT molecular complexity index is 615. The van der Waals surface area contributed by atoms with Gasteiger partial charge in [-0.05, 0) is 12.8 Å². The zero-order valence-electron chi connectivity index (χ0n) is 11.6. The van der Waals surface area contributed by atoms with E-state index in [0.717, 1.165) is 12.8 Å². The van der Waals surface area contributed by atoms with Gasteiger partial charge in [-0.1, -0.05) is 32.6 Å². The quantitative estimate of drug-likeness (QED) is 0.391. The maximum absolute atomic E-state index is 11.3. The van der Waals surface area contributed by atoms with Crippen LogP contribution in [0.2, 0.25) is 0 Å². The molecule has 0 radical (unpaired) electrons. The maximum atomic E-state index is 11.3. The molecule has 0 amide bonds. The highest BCUT2D eigenvalue weighted by Crippen LogP contribution is 2.12. The van der Waals surface area contributed by atoms with Crippen molar-refractivity contribution in [3.05, 3.63) is 16.8 Å². The first kappa shape index (κ1) is 14.2. The molecule has 0 unspecified atom stereocenters. The lowest BCUT2D eigenvalue weighted by Crippen LogP contribution is -2.12. The molecule has 2 heterocycles. The van der Waals surface area contributed by atoms with Crippen molar-refractivity contribution < 1.29 is 0 Å². The van der Waals surface area contributed by atoms with Gasteiger partial charge in [0, 0.05) is 6.21 Å². The number of hydrazone groups is 1. The highest BCUT2D eigenvalue weighted by atomic mass is 16.1. The Morgan fingerprint density at radius 2 is 2.20 bits per heavy atom. The number of imidazole rings is 1. The van der Waals surface area contributed by atoms with Crippen LogP contribution < -0.4 is 11.1 Å². The Balaban J connectivity index is 1.83. The molecule has 0 saturated carbocycles. The first-order chi connectivity index (χ1) is 9.81. The number of fused-ring (bicyclic) bond motifs is 1. The third-order valence-corrected chi connectivity index (χ3v) is 3.01. The lowest BCUT2D eigenvalue weighted by Gasteiger charge is -2.00. The van der Waals surface area contributed by atoms with Gasteiger partial charge in [0.2, 0.25) is 0 Å². The molecule has 3 N–H and O–H groups in total. The Morgan fingerprint density at radius 3 is 3.05 bits per heavy atom. The van der Waals surface area contributed by atoms with Crippen molar-refractivity contribution in [2.24, 2.45) is 5.10 Å². The van der Waals surface area contributed by atoms with E-state index in [4.69, 9.17) is 0 Å². The van der Waals surface area contributed by atoms with E-state index < -0.39 is 5.69 Å². The van der Waals surface area contributed by atoms with Crippen LogP contribution in [0.1, 0.15) is 45.4 Å². The molecule has 108 valence electrons. The molecule has 2 aromatic rings. The first-order valence-electron chi connectivity index (χ1n) is 7.02. The van der Waals surface area contributed by atoms with Crippen LogP contribution in [0.25, 0.3) is 11.2 Å². The molecule has 7 nitrogen and oxygen atoms in total. The van der Waals surface area contributed by atoms with Crippen LogP contribution >= 0.6 is 0 Å². The van der Waals surface area contributed by atoms with Gasteiger partial charge in [-0.3, -0.25) is 10.4 Å². The van der Waals surface area contributed by atoms with Gasteiger partial charge in [-0.2, -0.15) is 10.1 Å². The molecule has 2 rings (SSSR count). The molecule has 0 saturated heterocycles. The third-order valence-electron chi connectivity index (χ3n) is 3.01. The van der Waals surface area contributed by atoms with Gasteiger partial charge in [0.15, 0.2) is 11.5 Å². The summed E-state index contributed by atoms with van der Waals surface area (Å²) in [4.78, 5) is 24.5. The molecule has 0 aliphatic carbocycles. The molecule has 0 atom stereocenters. The molecule has 0 spiro atoms. The fourth-order valence-electron chi connectivity index (χ4n) is 1.95. The highest BCUT2D eigenvalue weighted by Gasteiger charge is 2.05. The SMILES string of the molecule is CCCCCCC/C=N/Nc1[nH]c(=O)nc2nc[nH]c12. The van der Waals surface area contributed by atoms with Crippen molar-refractivity contribution in [1.82, 2.24) is 19.9 Å². The maximum Gasteiger partial charge on any atom is 0.348 e. The number of aromatic amines is 2. The van der Waals surface area contributed by atoms with Crippen molar-refractivity contribution in [3.63, 3.8) is 0 Å². The first-order valence-corrected chi connectivity index (χ1v) is 7.02. The van der Waals surface area contributed by atoms with Crippen LogP contribution in [0, 0.1) is 0 Å². The predicted octanol–water partition coefficient (Wildman–Crippen LogP) is 2.40. The molecule has 0 aliphatic rings. The van der Waals surface area contributed by atoms with E-state index in [1.54, 1.807) is 0 Å². The number of H-pyrrole nitrogens is 2. The number of nitrogens with one attached hydrogen (secondary N) is 3. The minimum Gasteiger partial charge on any atom is -0.340 e. The molecule has 0 aliphatic heterocycles. The van der Waals surface area contributed by atoms with Crippen LogP contribution in [-0.2, 0) is 0 Å². The van der Waals surface area contributed by atoms with Crippen LogP contribution in [0.4, 0.5) is 5.82 Å². The van der Waals surface area contributed by atoms with E-state index in [2.05, 4.69) is 37.4 Å². The minimum atomic E-state index is -0.443. The number of unbranched alkanes of at least 4 members (excludes halogenated alkanes) is 5. The number of aromatic nitrogens is 4. The fourth-order valence-corrected chi connectivity index (χ4v) is 1.95. The minimum absolute atomic E-state index is 0.381. The molecular formula is C13H20N6O. The summed E-state index contributed by atoms with van der Waals surface area (Å²) in [5, 5.41) is 4.11. The topological polar surface area (TPSA) is 98.8 Å². The summed E-state index contributed by atoms with van der Waals surface area (Å²) in [6.45, 7) is 2.21. The Labute approximate surface area is 116 Å². The average molecular weight is 276 g/mol. The molecule has 7 heteroatoms. The summed E-state index contributed by atoms with van der Waals surface area (Å²) >= 11 is 0. The second-order valence-corrected chi connectivity index (χ2v) is 4.64. The van der Waals surface area contributed by atoms with Crippen LogP contribution in [0.3, 0.4) is 0 Å². The Morgan fingerprint density at radius 1 is 1.35 bits per heavy atom. The van der Waals surface area contributed by atoms with E-state index in [-0.39, 0.29) is 0 Å². The summed E-state index contributed by atoms with van der Waals surface area (Å²) in [6, 6.07) is 0. The van der Waals surface area contributed by atoms with Crippen molar-refractivity contribution in [3.8, 4) is 0 Å². The molecular weight excluding hydrogens is 256 g/mol. The number of rotatable bonds is 8. The smallest absolute Gasteiger partial charge is 0.340 e. The normalized spacial score (nSPS) is 11.4. The van der Waals surface area contributed by atoms with Crippen LogP contribution in [0.15, 0.2) is 16.2 Å². The monoisotopic (exact) mass is 276 g/mol. The van der Waals surface area contributed by atoms with Crippen molar-refractivity contribution in [2.45, 2.75) is 45.4 Å². The molecule has 0 aromatic carbocycles. The van der Waals surface area contributed by atoms with Gasteiger partial charge in [0.05, 0.1) is 6.33 Å². The van der Waals surface area contributed by atoms with Gasteiger partial charge >= 0.3 is 5.69 Å². The van der Waals surface area contributed by atoms with Crippen LogP contribution in [-0.4, -0.2) is 26.2 Å². The summed E-state index contributed by atoms with van der Waals surface area (Å²) in [7, 11) is 0. The highest BCUT2D eigenvalue weighted by molar-refractivity contribution is 5.82. The Hall–Kier alpha value is -2.18. The van der Waals surface area contributed by atoms with E-state index >= 15 is 0 Å². The number of nitrogens with zero attached hydrogens (tertiary/aromatic N) is 3. The van der Waals surface area contributed by atoms with Crippen molar-refractivity contribution in [2.75, 3.05) is 5.43 Å². The summed E-state index contributed by atoms with van der Waals surface area (Å²) in [5.74, 6) is 0.486. The third kappa shape index (κ3) is 3.91. The zero-order valence-corrected chi connectivity index (χ0v) is 11.6. The molecule has 20 heavy (non-hydrogen) atoms. The second kappa shape index (κ2) is 7.42. The molecule has 2 aromatic heterocycles. The number of hydrogen-bond donors (Lipinski definition) is 3. The van der Waals surface area contributed by atoms with Crippen LogP contribution in [0.5, 0.6) is 0 Å². The number of anilines is 1. The molecule has 0 fully saturated rings. The average Bonchev–Trinajstić information content (AvgIpc) is 2.89. The van der Waals surface area contributed by atoms with E-state index in [0.29, 0.717) is 17.0 Å². The Kier molecular flexibility index (Phi) is 5.28. The number of hydrogen-bond acceptors (Lipinski definition) is 5. The van der Waals surface area contributed by atoms with Crippen molar-refractivity contribution in [1.29, 1.82) is 0 Å². The summed E-state index contributed by atoms with van der Waals surface area (Å²) in [5.41, 5.74) is 3.40. The fraction of sp³-hybridized carbons (Fsp3) is 0.538. The predicted molar refractivity (Wildman–Crippen MR) is 80.0 cm³/mol. The van der Waals surface area contributed by atoms with Gasteiger partial charge < -0.3 is 4.98 Å². The van der Waals surface area contributed by atoms with Crippen molar-refractivity contribution >= 4 is 23.2 Å². The lowest BCUT2D eigenvalue weighted by atomic mass is 10.1. The van der Waals surface area contributed by atoms with Gasteiger partial charge in [-0.15, -0.1) is 0 Å². The van der Waals surface area contributed by atoms with Gasteiger partial charge in [-0.25, -0.2) is 9.78 Å². The summed E-state index contributed by atoms with van der Waals surface area (Å²) < 4.78 is 0. The standard InChI is InChI=1S/C13H20N6O/c1-2-3-4-5-6-7-8-16-19-12-10-11(15-9-14-10)17-13(20)18-12/h8-9H,2-7H2,1H3,(H3,14,15,17,18,19,20)/b16-8+. The molecule has 0 bridgehead atoms. The summed E-state index contributed by atoms with van der Waals surface area (Å²) in [6.07, 6.45) is 10.5. The zero-order chi connectivity index (χ0) is 14.2. The second-order valence-electron chi connectivity index (χ2n) is 4.64. The largest absolute Gasteiger partial charge is 0.348 e. The van der Waals surface area contributed by atoms with E-state index in [9.17, 15) is 4.79 Å². The van der Waals surface area contributed by atoms with E-state index in [1.807, 2.05) is 6.21 Å².